The van der Waals surface area contributed by atoms with Gasteiger partial charge in [-0.1, -0.05) is 30.3 Å². The minimum Gasteiger partial charge on any atom is -0.322 e. The average Bonchev–Trinajstić information content (AvgIpc) is 3.06. The summed E-state index contributed by atoms with van der Waals surface area (Å²) in [6.45, 7) is 0. The van der Waals surface area contributed by atoms with Crippen molar-refractivity contribution < 1.29 is 4.79 Å². The Morgan fingerprint density at radius 3 is 2.44 bits per heavy atom. The standard InChI is InChI=1S/C20H14IN3O/c21-16-8-11-19-23-18(13-24(19)12-16)14-6-9-17(10-7-14)22-20(25)15-4-2-1-3-5-15/h1-13H,(H,22,25). The fraction of sp³-hybridized carbons (Fsp3) is 0. The largest absolute Gasteiger partial charge is 0.322 e. The lowest BCUT2D eigenvalue weighted by molar-refractivity contribution is 0.102. The molecular weight excluding hydrogens is 425 g/mol. The van der Waals surface area contributed by atoms with Crippen molar-refractivity contribution in [2.24, 2.45) is 0 Å². The van der Waals surface area contributed by atoms with E-state index in [0.717, 1.165) is 26.2 Å². The van der Waals surface area contributed by atoms with Gasteiger partial charge in [0, 0.05) is 32.8 Å². The molecule has 0 fully saturated rings. The number of halogens is 1. The van der Waals surface area contributed by atoms with E-state index in [4.69, 9.17) is 0 Å². The van der Waals surface area contributed by atoms with Gasteiger partial charge in [0.25, 0.3) is 5.91 Å². The number of nitrogens with zero attached hydrogens (tertiary/aromatic N) is 2. The molecule has 0 aliphatic carbocycles. The maximum Gasteiger partial charge on any atom is 0.255 e. The SMILES string of the molecule is O=C(Nc1ccc(-c2cn3cc(I)ccc3n2)cc1)c1ccccc1. The smallest absolute Gasteiger partial charge is 0.255 e. The number of fused-ring (bicyclic) bond motifs is 1. The van der Waals surface area contributed by atoms with Gasteiger partial charge >= 0.3 is 0 Å². The lowest BCUT2D eigenvalue weighted by Crippen LogP contribution is -2.11. The van der Waals surface area contributed by atoms with Crippen molar-refractivity contribution in [2.45, 2.75) is 0 Å². The molecule has 4 rings (SSSR count). The lowest BCUT2D eigenvalue weighted by atomic mass is 10.1. The van der Waals surface area contributed by atoms with Gasteiger partial charge in [-0.2, -0.15) is 0 Å². The third-order valence-electron chi connectivity index (χ3n) is 3.89. The van der Waals surface area contributed by atoms with Gasteiger partial charge in [0.15, 0.2) is 0 Å². The quantitative estimate of drug-likeness (QED) is 0.464. The zero-order valence-electron chi connectivity index (χ0n) is 13.2. The molecule has 4 aromatic rings. The van der Waals surface area contributed by atoms with Gasteiger partial charge < -0.3 is 9.72 Å². The monoisotopic (exact) mass is 439 g/mol. The Bertz CT molecular complexity index is 1040. The molecule has 0 radical (unpaired) electrons. The molecule has 0 saturated carbocycles. The second-order valence-corrected chi connectivity index (χ2v) is 6.88. The number of carbonyl (C=O) groups is 1. The number of benzene rings is 2. The van der Waals surface area contributed by atoms with E-state index in [0.29, 0.717) is 5.56 Å². The zero-order valence-corrected chi connectivity index (χ0v) is 15.3. The average molecular weight is 439 g/mol. The minimum absolute atomic E-state index is 0.115. The summed E-state index contributed by atoms with van der Waals surface area (Å²) in [5, 5.41) is 2.91. The number of aromatic nitrogens is 2. The lowest BCUT2D eigenvalue weighted by Gasteiger charge is -2.05. The first kappa shape index (κ1) is 15.8. The van der Waals surface area contributed by atoms with E-state index in [9.17, 15) is 4.79 Å². The van der Waals surface area contributed by atoms with Crippen LogP contribution in [0.1, 0.15) is 10.4 Å². The fourth-order valence-electron chi connectivity index (χ4n) is 2.62. The van der Waals surface area contributed by atoms with E-state index < -0.39 is 0 Å². The Morgan fingerprint density at radius 2 is 1.68 bits per heavy atom. The maximum absolute atomic E-state index is 12.2. The topological polar surface area (TPSA) is 46.4 Å². The van der Waals surface area contributed by atoms with Crippen LogP contribution in [0.4, 0.5) is 5.69 Å². The first-order valence-electron chi connectivity index (χ1n) is 7.80. The van der Waals surface area contributed by atoms with E-state index in [1.54, 1.807) is 12.1 Å². The van der Waals surface area contributed by atoms with Gasteiger partial charge in [-0.15, -0.1) is 0 Å². The van der Waals surface area contributed by atoms with E-state index in [1.807, 2.05) is 71.4 Å². The van der Waals surface area contributed by atoms with Gasteiger partial charge in [0.1, 0.15) is 5.65 Å². The van der Waals surface area contributed by atoms with E-state index in [2.05, 4.69) is 32.9 Å². The molecule has 1 amide bonds. The summed E-state index contributed by atoms with van der Waals surface area (Å²) in [6.07, 6.45) is 4.05. The molecule has 0 saturated heterocycles. The second-order valence-electron chi connectivity index (χ2n) is 5.64. The second kappa shape index (κ2) is 6.68. The predicted molar refractivity (Wildman–Crippen MR) is 108 cm³/mol. The number of carbonyl (C=O) groups excluding carboxylic acids is 1. The number of nitrogens with one attached hydrogen (secondary N) is 1. The van der Waals surface area contributed by atoms with Crippen LogP contribution in [0.2, 0.25) is 0 Å². The van der Waals surface area contributed by atoms with E-state index >= 15 is 0 Å². The van der Waals surface area contributed by atoms with Crippen molar-refractivity contribution in [3.8, 4) is 11.3 Å². The first-order chi connectivity index (χ1) is 12.2. The molecule has 4 nitrogen and oxygen atoms in total. The third kappa shape index (κ3) is 3.41. The molecule has 0 aliphatic heterocycles. The van der Waals surface area contributed by atoms with Crippen LogP contribution in [-0.2, 0) is 0 Å². The molecule has 122 valence electrons. The summed E-state index contributed by atoms with van der Waals surface area (Å²) in [5.74, 6) is -0.115. The number of rotatable bonds is 3. The Hall–Kier alpha value is -2.67. The molecule has 2 aromatic carbocycles. The summed E-state index contributed by atoms with van der Waals surface area (Å²) < 4.78 is 3.18. The molecule has 2 heterocycles. The van der Waals surface area contributed by atoms with Gasteiger partial charge in [0.2, 0.25) is 0 Å². The highest BCUT2D eigenvalue weighted by molar-refractivity contribution is 14.1. The Labute approximate surface area is 158 Å². The fourth-order valence-corrected chi connectivity index (χ4v) is 3.10. The molecule has 0 unspecified atom stereocenters. The van der Waals surface area contributed by atoms with Crippen molar-refractivity contribution in [2.75, 3.05) is 5.32 Å². The van der Waals surface area contributed by atoms with Crippen LogP contribution in [0.25, 0.3) is 16.9 Å². The molecule has 2 aromatic heterocycles. The molecular formula is C20H14IN3O. The summed E-state index contributed by atoms with van der Waals surface area (Å²) in [5.41, 5.74) is 4.23. The highest BCUT2D eigenvalue weighted by Gasteiger charge is 2.07. The van der Waals surface area contributed by atoms with Crippen molar-refractivity contribution in [1.29, 1.82) is 0 Å². The van der Waals surface area contributed by atoms with Crippen LogP contribution in [0.3, 0.4) is 0 Å². The van der Waals surface area contributed by atoms with Crippen molar-refractivity contribution >= 4 is 39.8 Å². The number of pyridine rings is 1. The highest BCUT2D eigenvalue weighted by atomic mass is 127. The summed E-state index contributed by atoms with van der Waals surface area (Å²) in [6, 6.07) is 20.9. The van der Waals surface area contributed by atoms with Crippen LogP contribution in [0.5, 0.6) is 0 Å². The molecule has 1 N–H and O–H groups in total. The van der Waals surface area contributed by atoms with Crippen LogP contribution in [0, 0.1) is 3.57 Å². The molecule has 25 heavy (non-hydrogen) atoms. The van der Waals surface area contributed by atoms with Gasteiger partial charge in [-0.05, 0) is 59.0 Å². The summed E-state index contributed by atoms with van der Waals surface area (Å²) in [7, 11) is 0. The highest BCUT2D eigenvalue weighted by Crippen LogP contribution is 2.22. The van der Waals surface area contributed by atoms with E-state index in [1.165, 1.54) is 0 Å². The van der Waals surface area contributed by atoms with Crippen molar-refractivity contribution in [3.63, 3.8) is 0 Å². The first-order valence-corrected chi connectivity index (χ1v) is 8.88. The zero-order chi connectivity index (χ0) is 17.2. The number of amides is 1. The van der Waals surface area contributed by atoms with Crippen LogP contribution >= 0.6 is 22.6 Å². The summed E-state index contributed by atoms with van der Waals surface area (Å²) >= 11 is 2.28. The molecule has 5 heteroatoms. The van der Waals surface area contributed by atoms with Gasteiger partial charge in [0.05, 0.1) is 5.69 Å². The Balaban J connectivity index is 1.56. The van der Waals surface area contributed by atoms with Crippen molar-refractivity contribution in [3.05, 3.63) is 88.3 Å². The molecule has 0 bridgehead atoms. The van der Waals surface area contributed by atoms with Crippen LogP contribution < -0.4 is 5.32 Å². The normalized spacial score (nSPS) is 10.8. The summed E-state index contributed by atoms with van der Waals surface area (Å²) in [4.78, 5) is 16.8. The van der Waals surface area contributed by atoms with Crippen LogP contribution in [-0.4, -0.2) is 15.3 Å². The maximum atomic E-state index is 12.2. The van der Waals surface area contributed by atoms with E-state index in [-0.39, 0.29) is 5.91 Å². The van der Waals surface area contributed by atoms with Gasteiger partial charge in [-0.3, -0.25) is 4.79 Å². The minimum atomic E-state index is -0.115. The Kier molecular flexibility index (Phi) is 4.23. The predicted octanol–water partition coefficient (Wildman–Crippen LogP) is 4.86. The van der Waals surface area contributed by atoms with Gasteiger partial charge in [-0.25, -0.2) is 4.98 Å². The molecule has 0 atom stereocenters. The number of anilines is 1. The number of hydrogen-bond acceptors (Lipinski definition) is 2. The molecule has 0 spiro atoms. The third-order valence-corrected chi connectivity index (χ3v) is 4.53. The Morgan fingerprint density at radius 1 is 0.920 bits per heavy atom. The number of imidazole rings is 1. The van der Waals surface area contributed by atoms with Crippen LogP contribution in [0.15, 0.2) is 79.1 Å². The molecule has 0 aliphatic rings. The number of hydrogen-bond donors (Lipinski definition) is 1. The van der Waals surface area contributed by atoms with Crippen molar-refractivity contribution in [1.82, 2.24) is 9.38 Å².